The number of nitrogens with two attached hydrogens (primary N) is 1. The van der Waals surface area contributed by atoms with Crippen molar-refractivity contribution < 1.29 is 0 Å². The number of aryl methyl sites for hydroxylation is 1. The first-order valence-corrected chi connectivity index (χ1v) is 7.14. The second kappa shape index (κ2) is 6.47. The van der Waals surface area contributed by atoms with Gasteiger partial charge in [-0.2, -0.15) is 0 Å². The highest BCUT2D eigenvalue weighted by Gasteiger charge is 2.20. The van der Waals surface area contributed by atoms with Crippen molar-refractivity contribution in [1.82, 2.24) is 20.4 Å². The van der Waals surface area contributed by atoms with Gasteiger partial charge in [0.25, 0.3) is 0 Å². The van der Waals surface area contributed by atoms with Crippen LogP contribution in [0.3, 0.4) is 0 Å². The van der Waals surface area contributed by atoms with E-state index in [0.29, 0.717) is 5.02 Å². The molecule has 19 heavy (non-hydrogen) atoms. The van der Waals surface area contributed by atoms with Gasteiger partial charge >= 0.3 is 0 Å². The van der Waals surface area contributed by atoms with Crippen molar-refractivity contribution in [3.05, 3.63) is 45.1 Å². The molecule has 0 saturated carbocycles. The van der Waals surface area contributed by atoms with Crippen LogP contribution in [0, 0.1) is 0 Å². The van der Waals surface area contributed by atoms with Crippen LogP contribution in [0.2, 0.25) is 5.02 Å². The molecule has 102 valence electrons. The Balaban J connectivity index is 2.41. The Morgan fingerprint density at radius 2 is 2.32 bits per heavy atom. The number of nitrogens with zero attached hydrogens (tertiary/aromatic N) is 3. The first-order valence-electron chi connectivity index (χ1n) is 5.96. The molecule has 1 atom stereocenters. The van der Waals surface area contributed by atoms with Gasteiger partial charge in [-0.25, -0.2) is 10.1 Å². The Morgan fingerprint density at radius 1 is 1.53 bits per heavy atom. The number of rotatable bonds is 5. The molecule has 3 N–H and O–H groups in total. The zero-order chi connectivity index (χ0) is 13.8. The fourth-order valence-corrected chi connectivity index (χ4v) is 2.73. The van der Waals surface area contributed by atoms with Crippen LogP contribution in [-0.4, -0.2) is 15.0 Å². The third-order valence-corrected chi connectivity index (χ3v) is 3.64. The van der Waals surface area contributed by atoms with E-state index in [0.717, 1.165) is 28.7 Å². The lowest BCUT2D eigenvalue weighted by atomic mass is 10.0. The fourth-order valence-electron chi connectivity index (χ4n) is 1.94. The Hall–Kier alpha value is -0.950. The van der Waals surface area contributed by atoms with Gasteiger partial charge in [0.05, 0.1) is 17.9 Å². The zero-order valence-electron chi connectivity index (χ0n) is 10.5. The average molecular weight is 345 g/mol. The summed E-state index contributed by atoms with van der Waals surface area (Å²) in [7, 11) is 0. The van der Waals surface area contributed by atoms with Crippen molar-refractivity contribution >= 4 is 27.5 Å². The lowest BCUT2D eigenvalue weighted by Crippen LogP contribution is -2.31. The van der Waals surface area contributed by atoms with Crippen molar-refractivity contribution in [2.24, 2.45) is 5.84 Å². The van der Waals surface area contributed by atoms with Crippen molar-refractivity contribution in [2.45, 2.75) is 25.9 Å². The van der Waals surface area contributed by atoms with E-state index < -0.39 is 0 Å². The minimum absolute atomic E-state index is 0.234. The third kappa shape index (κ3) is 3.14. The second-order valence-corrected chi connectivity index (χ2v) is 5.47. The summed E-state index contributed by atoms with van der Waals surface area (Å²) in [5, 5.41) is 8.65. The Labute approximate surface area is 125 Å². The maximum Gasteiger partial charge on any atom is 0.0909 e. The maximum atomic E-state index is 6.27. The minimum Gasteiger partial charge on any atom is -0.271 e. The van der Waals surface area contributed by atoms with Crippen molar-refractivity contribution in [2.75, 3.05) is 0 Å². The van der Waals surface area contributed by atoms with Gasteiger partial charge in [0.2, 0.25) is 0 Å². The molecule has 0 spiro atoms. The van der Waals surface area contributed by atoms with Crippen LogP contribution in [0.4, 0.5) is 0 Å². The summed E-state index contributed by atoms with van der Waals surface area (Å²) in [5.41, 5.74) is 4.57. The second-order valence-electron chi connectivity index (χ2n) is 4.15. The summed E-state index contributed by atoms with van der Waals surface area (Å²) in [4.78, 5) is 0. The van der Waals surface area contributed by atoms with Gasteiger partial charge in [-0.1, -0.05) is 45.7 Å². The van der Waals surface area contributed by atoms with E-state index in [4.69, 9.17) is 17.4 Å². The number of nitrogens with one attached hydrogen (secondary N) is 1. The summed E-state index contributed by atoms with van der Waals surface area (Å²) in [6.45, 7) is 2.88. The van der Waals surface area contributed by atoms with Gasteiger partial charge in [-0.15, -0.1) is 5.10 Å². The van der Waals surface area contributed by atoms with Gasteiger partial charge in [0.15, 0.2) is 0 Å². The highest BCUT2D eigenvalue weighted by atomic mass is 79.9. The van der Waals surface area contributed by atoms with Crippen molar-refractivity contribution in [3.8, 4) is 0 Å². The molecule has 0 radical (unpaired) electrons. The predicted molar refractivity (Wildman–Crippen MR) is 78.6 cm³/mol. The van der Waals surface area contributed by atoms with Gasteiger partial charge in [-0.05, 0) is 24.1 Å². The SMILES string of the molecule is CCCn1nncc1C(NN)c1ccc(Br)cc1Cl. The van der Waals surface area contributed by atoms with Crippen molar-refractivity contribution in [1.29, 1.82) is 0 Å². The molecule has 5 nitrogen and oxygen atoms in total. The molecule has 2 aromatic rings. The molecule has 0 saturated heterocycles. The smallest absolute Gasteiger partial charge is 0.0909 e. The van der Waals surface area contributed by atoms with Crippen LogP contribution in [0.25, 0.3) is 0 Å². The van der Waals surface area contributed by atoms with Crippen LogP contribution >= 0.6 is 27.5 Å². The van der Waals surface area contributed by atoms with Gasteiger partial charge < -0.3 is 0 Å². The fraction of sp³-hybridized carbons (Fsp3) is 0.333. The molecule has 0 aliphatic heterocycles. The summed E-state index contributed by atoms with van der Waals surface area (Å²) in [5.74, 6) is 5.68. The Morgan fingerprint density at radius 3 is 2.95 bits per heavy atom. The van der Waals surface area contributed by atoms with Crippen LogP contribution in [0.15, 0.2) is 28.9 Å². The molecule has 0 aliphatic carbocycles. The summed E-state index contributed by atoms with van der Waals surface area (Å²) >= 11 is 9.66. The molecular formula is C12H15BrClN5. The number of hydrazine groups is 1. The van der Waals surface area contributed by atoms with Crippen LogP contribution in [0.5, 0.6) is 0 Å². The summed E-state index contributed by atoms with van der Waals surface area (Å²) in [6.07, 6.45) is 2.68. The van der Waals surface area contributed by atoms with E-state index in [1.807, 2.05) is 22.9 Å². The number of benzene rings is 1. The minimum atomic E-state index is -0.234. The largest absolute Gasteiger partial charge is 0.271 e. The average Bonchev–Trinajstić information content (AvgIpc) is 2.82. The first kappa shape index (κ1) is 14.5. The monoisotopic (exact) mass is 343 g/mol. The van der Waals surface area contributed by atoms with E-state index in [2.05, 4.69) is 38.6 Å². The summed E-state index contributed by atoms with van der Waals surface area (Å²) in [6, 6.07) is 5.47. The Bertz CT molecular complexity index is 557. The number of hydrogen-bond acceptors (Lipinski definition) is 4. The van der Waals surface area contributed by atoms with Gasteiger partial charge in [0, 0.05) is 16.0 Å². The molecule has 7 heteroatoms. The lowest BCUT2D eigenvalue weighted by Gasteiger charge is -2.18. The molecule has 0 fully saturated rings. The zero-order valence-corrected chi connectivity index (χ0v) is 12.8. The highest BCUT2D eigenvalue weighted by Crippen LogP contribution is 2.29. The number of halogens is 2. The van der Waals surface area contributed by atoms with Crippen LogP contribution in [0.1, 0.15) is 30.6 Å². The normalized spacial score (nSPS) is 12.6. The van der Waals surface area contributed by atoms with E-state index in [-0.39, 0.29) is 6.04 Å². The third-order valence-electron chi connectivity index (χ3n) is 2.82. The maximum absolute atomic E-state index is 6.27. The summed E-state index contributed by atoms with van der Waals surface area (Å²) < 4.78 is 2.76. The van der Waals surface area contributed by atoms with Gasteiger partial charge in [0.1, 0.15) is 0 Å². The standard InChI is InChI=1S/C12H15BrClN5/c1-2-5-19-11(7-16-18-19)12(17-15)9-4-3-8(13)6-10(9)14/h3-4,6-7,12,17H,2,5,15H2,1H3. The molecule has 1 aromatic carbocycles. The molecule has 0 bridgehead atoms. The van der Waals surface area contributed by atoms with Crippen LogP contribution < -0.4 is 11.3 Å². The lowest BCUT2D eigenvalue weighted by molar-refractivity contribution is 0.512. The molecular weight excluding hydrogens is 330 g/mol. The van der Waals surface area contributed by atoms with E-state index in [1.54, 1.807) is 6.20 Å². The number of hydrogen-bond donors (Lipinski definition) is 2. The first-order chi connectivity index (χ1) is 9.17. The highest BCUT2D eigenvalue weighted by molar-refractivity contribution is 9.10. The molecule has 1 unspecified atom stereocenters. The van der Waals surface area contributed by atoms with Crippen molar-refractivity contribution in [3.63, 3.8) is 0 Å². The molecule has 0 aliphatic rings. The molecule has 0 amide bonds. The van der Waals surface area contributed by atoms with E-state index in [9.17, 15) is 0 Å². The number of aromatic nitrogens is 3. The van der Waals surface area contributed by atoms with Crippen LogP contribution in [-0.2, 0) is 6.54 Å². The van der Waals surface area contributed by atoms with Gasteiger partial charge in [-0.3, -0.25) is 5.84 Å². The molecule has 1 heterocycles. The quantitative estimate of drug-likeness (QED) is 0.646. The van der Waals surface area contributed by atoms with E-state index >= 15 is 0 Å². The topological polar surface area (TPSA) is 68.8 Å². The Kier molecular flexibility index (Phi) is 4.93. The van der Waals surface area contributed by atoms with E-state index in [1.165, 1.54) is 0 Å². The predicted octanol–water partition coefficient (Wildman–Crippen LogP) is 2.66. The molecule has 1 aromatic heterocycles. The molecule has 2 rings (SSSR count).